The van der Waals surface area contributed by atoms with E-state index in [1.807, 2.05) is 71.9 Å². The van der Waals surface area contributed by atoms with Gasteiger partial charge in [0.25, 0.3) is 17.7 Å². The van der Waals surface area contributed by atoms with Crippen LogP contribution in [-0.2, 0) is 49.5 Å². The number of carbonyl (C=O) groups is 7. The summed E-state index contributed by atoms with van der Waals surface area (Å²) in [6.45, 7) is 14.1. The van der Waals surface area contributed by atoms with Crippen molar-refractivity contribution in [1.29, 1.82) is 0 Å². The summed E-state index contributed by atoms with van der Waals surface area (Å²) in [6, 6.07) is 7.92. The van der Waals surface area contributed by atoms with Crippen molar-refractivity contribution in [2.75, 3.05) is 41.4 Å². The minimum atomic E-state index is -1.39. The number of imide groups is 1. The predicted molar refractivity (Wildman–Crippen MR) is 244 cm³/mol. The maximum Gasteiger partial charge on any atom is 0.253 e. The fourth-order valence-corrected chi connectivity index (χ4v) is 9.33. The van der Waals surface area contributed by atoms with E-state index in [1.165, 1.54) is 36.2 Å². The van der Waals surface area contributed by atoms with Gasteiger partial charge in [-0.1, -0.05) is 91.6 Å². The normalized spacial score (nSPS) is 19.0. The lowest BCUT2D eigenvalue weighted by Gasteiger charge is -2.41. The third kappa shape index (κ3) is 14.5. The number of methoxy groups -OCH3 is 2. The highest BCUT2D eigenvalue weighted by Gasteiger charge is 2.43. The molecule has 0 aromatic heterocycles. The van der Waals surface area contributed by atoms with Gasteiger partial charge in [0, 0.05) is 90.7 Å². The van der Waals surface area contributed by atoms with Crippen molar-refractivity contribution >= 4 is 41.2 Å². The summed E-state index contributed by atoms with van der Waals surface area (Å²) in [5, 5.41) is 14.1. The van der Waals surface area contributed by atoms with Crippen molar-refractivity contribution in [3.8, 4) is 0 Å². The molecule has 15 heteroatoms. The number of unbranched alkanes of at least 4 members (excludes halogenated alkanes) is 2. The minimum absolute atomic E-state index is 0.0310. The zero-order valence-corrected chi connectivity index (χ0v) is 40.3. The highest BCUT2D eigenvalue weighted by molar-refractivity contribution is 6.12. The zero-order chi connectivity index (χ0) is 47.8. The summed E-state index contributed by atoms with van der Waals surface area (Å²) in [7, 11) is 6.36. The van der Waals surface area contributed by atoms with Gasteiger partial charge < -0.3 is 34.6 Å². The van der Waals surface area contributed by atoms with Gasteiger partial charge in [-0.25, -0.2) is 0 Å². The lowest BCUT2D eigenvalue weighted by Crippen LogP contribution is -2.54. The molecule has 1 saturated heterocycles. The lowest BCUT2D eigenvalue weighted by atomic mass is 9.83. The van der Waals surface area contributed by atoms with Gasteiger partial charge in [-0.15, -0.1) is 0 Å². The molecule has 2 aliphatic rings. The Morgan fingerprint density at radius 2 is 1.50 bits per heavy atom. The molecule has 0 unspecified atom stereocenters. The molecule has 0 aliphatic carbocycles. The summed E-state index contributed by atoms with van der Waals surface area (Å²) in [6.07, 6.45) is 4.04. The fourth-order valence-electron chi connectivity index (χ4n) is 9.33. The second-order valence-electron chi connectivity index (χ2n) is 18.5. The number of nitrogens with one attached hydrogen (secondary N) is 1. The van der Waals surface area contributed by atoms with E-state index in [2.05, 4.69) is 5.32 Å². The Morgan fingerprint density at radius 1 is 0.859 bits per heavy atom. The van der Waals surface area contributed by atoms with Crippen LogP contribution in [-0.4, -0.2) is 144 Å². The predicted octanol–water partition coefficient (Wildman–Crippen LogP) is 4.78. The topological polar surface area (TPSA) is 183 Å². The Balaban J connectivity index is 1.68. The summed E-state index contributed by atoms with van der Waals surface area (Å²) < 4.78 is 11.5. The number of aliphatic hydroxyl groups is 1. The molecule has 0 spiro atoms. The van der Waals surface area contributed by atoms with Gasteiger partial charge in [-0.2, -0.15) is 0 Å². The maximum atomic E-state index is 14.6. The van der Waals surface area contributed by atoms with Crippen LogP contribution in [0.1, 0.15) is 112 Å². The van der Waals surface area contributed by atoms with Crippen molar-refractivity contribution in [2.24, 2.45) is 29.6 Å². The van der Waals surface area contributed by atoms with Crippen LogP contribution in [0.2, 0.25) is 0 Å². The second-order valence-corrected chi connectivity index (χ2v) is 18.5. The van der Waals surface area contributed by atoms with E-state index in [1.54, 1.807) is 30.8 Å². The van der Waals surface area contributed by atoms with E-state index >= 15 is 0 Å². The highest BCUT2D eigenvalue weighted by Crippen LogP contribution is 2.31. The molecular formula is C49H77N5O10. The standard InChI is InChI=1S/C49H77N5O10/c1-12-33(6)46(39(63-10)30-44(59)53-27-19-22-37(53)34(7)47(60)48(61)50-40(64-11)28-35-20-15-13-16-21-35)52(9)49(62)36(31(2)3)29-38(55)45(32(4)5)51(8)41(56)23-17-14-18-26-54-42(57)24-25-43(54)58/h13,15-16,20-21,24-25,31-34,36-37,39-40,45-47,60H,12,14,17-19,22-23,26-30H2,1-11H3,(H,50,61)/t33-,34-,36-,37-,39+,40-,45-,46-,47+/m0/s1. The molecule has 2 heterocycles. The fraction of sp³-hybridized carbons (Fsp3) is 0.694. The van der Waals surface area contributed by atoms with Crippen LogP contribution in [0, 0.1) is 29.6 Å². The molecular weight excluding hydrogens is 819 g/mol. The van der Waals surface area contributed by atoms with Crippen LogP contribution < -0.4 is 5.32 Å². The Hall–Kier alpha value is -4.47. The number of likely N-dealkylation sites (N-methyl/N-ethyl adjacent to an activating group) is 2. The van der Waals surface area contributed by atoms with Gasteiger partial charge in [0.05, 0.1) is 24.6 Å². The van der Waals surface area contributed by atoms with Gasteiger partial charge in [-0.3, -0.25) is 38.5 Å². The average molecular weight is 896 g/mol. The van der Waals surface area contributed by atoms with Crippen LogP contribution in [0.5, 0.6) is 0 Å². The Bertz CT molecular complexity index is 1740. The van der Waals surface area contributed by atoms with Crippen molar-refractivity contribution < 1.29 is 48.1 Å². The molecule has 358 valence electrons. The van der Waals surface area contributed by atoms with Gasteiger partial charge in [0.1, 0.15) is 12.3 Å². The maximum absolute atomic E-state index is 14.6. The van der Waals surface area contributed by atoms with Gasteiger partial charge in [-0.05, 0) is 49.0 Å². The number of ketones is 1. The Morgan fingerprint density at radius 3 is 2.06 bits per heavy atom. The minimum Gasteiger partial charge on any atom is -0.383 e. The number of likely N-dealkylation sites (tertiary alicyclic amines) is 1. The van der Waals surface area contributed by atoms with Crippen LogP contribution in [0.3, 0.4) is 0 Å². The van der Waals surface area contributed by atoms with Gasteiger partial charge in [0.2, 0.25) is 17.7 Å². The first-order valence-corrected chi connectivity index (χ1v) is 23.2. The third-order valence-electron chi connectivity index (χ3n) is 13.4. The zero-order valence-electron chi connectivity index (χ0n) is 40.3. The number of hydrogen-bond donors (Lipinski definition) is 2. The van der Waals surface area contributed by atoms with Crippen LogP contribution in [0.4, 0.5) is 0 Å². The number of hydrogen-bond acceptors (Lipinski definition) is 10. The highest BCUT2D eigenvalue weighted by atomic mass is 16.5. The monoisotopic (exact) mass is 896 g/mol. The Labute approximate surface area is 381 Å². The van der Waals surface area contributed by atoms with Crippen LogP contribution in [0.25, 0.3) is 0 Å². The number of nitrogens with zero attached hydrogens (tertiary/aromatic N) is 4. The largest absolute Gasteiger partial charge is 0.383 e. The first-order chi connectivity index (χ1) is 30.3. The van der Waals surface area contributed by atoms with E-state index < -0.39 is 54.3 Å². The van der Waals surface area contributed by atoms with E-state index in [-0.39, 0.29) is 78.9 Å². The van der Waals surface area contributed by atoms with Crippen molar-refractivity contribution in [3.63, 3.8) is 0 Å². The number of Topliss-reactive ketones (excluding diaryl/α,β-unsaturated/α-hetero) is 1. The summed E-state index contributed by atoms with van der Waals surface area (Å²) >= 11 is 0. The van der Waals surface area contributed by atoms with E-state index in [0.717, 1.165) is 5.56 Å². The number of carbonyl (C=O) groups excluding carboxylic acids is 7. The van der Waals surface area contributed by atoms with Crippen molar-refractivity contribution in [1.82, 2.24) is 24.9 Å². The SMILES string of the molecule is CC[C@H](C)[C@@H]([C@@H](CC(=O)N1CCC[C@H]1[C@H](C)[C@@H](O)C(=O)N[C@H](Cc1ccccc1)OC)OC)N(C)C(=O)[C@@H](CC(=O)[C@H](C(C)C)N(C)C(=O)CCCCCN1C(=O)C=CC1=O)C(C)C. The number of ether oxygens (including phenoxy) is 2. The summed E-state index contributed by atoms with van der Waals surface area (Å²) in [4.78, 5) is 99.3. The first-order valence-electron chi connectivity index (χ1n) is 23.2. The average Bonchev–Trinajstić information content (AvgIpc) is 3.89. The van der Waals surface area contributed by atoms with Crippen LogP contribution >= 0.6 is 0 Å². The third-order valence-corrected chi connectivity index (χ3v) is 13.4. The van der Waals surface area contributed by atoms with E-state index in [0.29, 0.717) is 51.5 Å². The number of rotatable bonds is 27. The first kappa shape index (κ1) is 53.9. The number of amides is 6. The number of aliphatic hydroxyl groups excluding tert-OH is 1. The van der Waals surface area contributed by atoms with Gasteiger partial charge in [0.15, 0.2) is 5.78 Å². The summed E-state index contributed by atoms with van der Waals surface area (Å²) in [5.41, 5.74) is 0.971. The van der Waals surface area contributed by atoms with E-state index in [9.17, 15) is 38.7 Å². The molecule has 3 rings (SSSR count). The quantitative estimate of drug-likeness (QED) is 0.0709. The molecule has 15 nitrogen and oxygen atoms in total. The number of benzene rings is 1. The molecule has 0 bridgehead atoms. The molecule has 2 N–H and O–H groups in total. The van der Waals surface area contributed by atoms with Crippen LogP contribution in [0.15, 0.2) is 42.5 Å². The molecule has 64 heavy (non-hydrogen) atoms. The van der Waals surface area contributed by atoms with Gasteiger partial charge >= 0.3 is 0 Å². The Kier molecular flexibility index (Phi) is 21.8. The molecule has 0 radical (unpaired) electrons. The molecule has 0 saturated carbocycles. The summed E-state index contributed by atoms with van der Waals surface area (Å²) in [5.74, 6) is -3.86. The van der Waals surface area contributed by atoms with Crippen molar-refractivity contribution in [2.45, 2.75) is 149 Å². The molecule has 1 aromatic carbocycles. The molecule has 1 aromatic rings. The smallest absolute Gasteiger partial charge is 0.253 e. The second kappa shape index (κ2) is 25.9. The van der Waals surface area contributed by atoms with Crippen molar-refractivity contribution in [3.05, 3.63) is 48.0 Å². The lowest BCUT2D eigenvalue weighted by molar-refractivity contribution is -0.149. The molecule has 2 aliphatic heterocycles. The molecule has 1 fully saturated rings. The molecule has 6 amide bonds. The molecule has 9 atom stereocenters. The van der Waals surface area contributed by atoms with E-state index in [4.69, 9.17) is 9.47 Å².